The number of pyridine rings is 1. The van der Waals surface area contributed by atoms with Crippen molar-refractivity contribution >= 4 is 38.7 Å². The molecule has 11 nitrogen and oxygen atoms in total. The number of aryl methyl sites for hydroxylation is 1. The molecule has 4 heterocycles. The van der Waals surface area contributed by atoms with Crippen molar-refractivity contribution in [1.82, 2.24) is 24.3 Å². The number of hydrogen-bond donors (Lipinski definition) is 2. The fraction of sp³-hybridized carbons (Fsp3) is 0.250. The molecule has 14 heteroatoms. The van der Waals surface area contributed by atoms with Gasteiger partial charge in [-0.25, -0.2) is 32.2 Å². The third kappa shape index (κ3) is 7.94. The van der Waals surface area contributed by atoms with Crippen molar-refractivity contribution in [3.8, 4) is 28.4 Å². The van der Waals surface area contributed by atoms with E-state index in [0.29, 0.717) is 58.1 Å². The topological polar surface area (TPSA) is 131 Å². The Bertz CT molecular complexity index is 2440. The van der Waals surface area contributed by atoms with Crippen molar-refractivity contribution in [2.75, 3.05) is 49.4 Å². The number of nitrogens with one attached hydrogen (secondary N) is 2. The van der Waals surface area contributed by atoms with Crippen LogP contribution in [0, 0.1) is 18.6 Å². The minimum atomic E-state index is -3.00. The number of imidazole rings is 1. The molecule has 1 saturated heterocycles. The van der Waals surface area contributed by atoms with Crippen LogP contribution in [0.25, 0.3) is 28.3 Å². The van der Waals surface area contributed by atoms with Gasteiger partial charge in [0, 0.05) is 36.3 Å². The molecule has 0 radical (unpaired) electrons. The number of methoxy groups -OCH3 is 1. The lowest BCUT2D eigenvalue weighted by atomic mass is 9.86. The number of ether oxygens (including phenoxy) is 1. The molecule has 278 valence electrons. The lowest BCUT2D eigenvalue weighted by Gasteiger charge is -2.33. The SMILES string of the molecule is COc1cc(C2CCN(CCS(C)(=O)=O)CC2)c(C)cc1Nc1nccc(-c2c(-c3cccc(C(=O)Nc4c(F)cccc4F)c3)nc3ccccn23)n1. The van der Waals surface area contributed by atoms with Gasteiger partial charge < -0.3 is 20.3 Å². The highest BCUT2D eigenvalue weighted by Gasteiger charge is 2.25. The Morgan fingerprint density at radius 1 is 0.963 bits per heavy atom. The highest BCUT2D eigenvalue weighted by atomic mass is 32.2. The molecule has 54 heavy (non-hydrogen) atoms. The third-order valence-corrected chi connectivity index (χ3v) is 10.6. The summed E-state index contributed by atoms with van der Waals surface area (Å²) in [5.74, 6) is -0.967. The summed E-state index contributed by atoms with van der Waals surface area (Å²) in [6.07, 6.45) is 6.64. The van der Waals surface area contributed by atoms with Gasteiger partial charge in [0.2, 0.25) is 5.95 Å². The molecule has 1 fully saturated rings. The van der Waals surface area contributed by atoms with Crippen molar-refractivity contribution in [3.05, 3.63) is 120 Å². The molecular formula is C40H39F2N7O4S. The zero-order chi connectivity index (χ0) is 38.0. The van der Waals surface area contributed by atoms with E-state index in [0.717, 1.165) is 43.6 Å². The largest absolute Gasteiger partial charge is 0.495 e. The molecule has 1 aliphatic rings. The molecule has 6 aromatic rings. The molecule has 0 aliphatic carbocycles. The van der Waals surface area contributed by atoms with Crippen molar-refractivity contribution in [2.24, 2.45) is 0 Å². The van der Waals surface area contributed by atoms with E-state index in [4.69, 9.17) is 14.7 Å². The fourth-order valence-electron chi connectivity index (χ4n) is 6.90. The van der Waals surface area contributed by atoms with E-state index in [1.165, 1.54) is 17.9 Å². The first-order valence-corrected chi connectivity index (χ1v) is 19.6. The Morgan fingerprint density at radius 2 is 1.72 bits per heavy atom. The van der Waals surface area contributed by atoms with Crippen LogP contribution in [-0.4, -0.2) is 77.3 Å². The molecule has 0 spiro atoms. The standard InChI is InChI=1S/C40H39F2N7O4S/c1-25-22-33(34(53-2)24-29(25)26-14-18-48(19-15-26)20-21-54(3,51)52)45-40-43-16-13-32(44-40)38-36(46-35-12-4-5-17-49(35)38)27-8-6-9-28(23-27)39(50)47-37-30(41)10-7-11-31(37)42/h4-13,16-17,22-24,26H,14-15,18-21H2,1-3H3,(H,47,50)(H,43,44,45). The number of carbonyl (C=O) groups excluding carboxylic acids is 1. The van der Waals surface area contributed by atoms with Gasteiger partial charge in [-0.05, 0) is 104 Å². The average molecular weight is 752 g/mol. The van der Waals surface area contributed by atoms with Crippen LogP contribution in [0.2, 0.25) is 0 Å². The van der Waals surface area contributed by atoms with E-state index in [9.17, 15) is 22.0 Å². The molecule has 3 aromatic carbocycles. The van der Waals surface area contributed by atoms with Gasteiger partial charge in [0.05, 0.1) is 35.6 Å². The number of piperidine rings is 1. The summed E-state index contributed by atoms with van der Waals surface area (Å²) >= 11 is 0. The van der Waals surface area contributed by atoms with Gasteiger partial charge in [-0.1, -0.05) is 24.3 Å². The number of para-hydroxylation sites is 1. The minimum Gasteiger partial charge on any atom is -0.495 e. The molecule has 0 saturated carbocycles. The first-order valence-electron chi connectivity index (χ1n) is 17.5. The normalized spacial score (nSPS) is 13.9. The zero-order valence-electron chi connectivity index (χ0n) is 30.0. The van der Waals surface area contributed by atoms with Gasteiger partial charge in [0.15, 0.2) is 0 Å². The van der Waals surface area contributed by atoms with Crippen LogP contribution in [-0.2, 0) is 9.84 Å². The quantitative estimate of drug-likeness (QED) is 0.140. The molecular weight excluding hydrogens is 713 g/mol. The van der Waals surface area contributed by atoms with Crippen LogP contribution >= 0.6 is 0 Å². The number of hydrogen-bond acceptors (Lipinski definition) is 9. The highest BCUT2D eigenvalue weighted by Crippen LogP contribution is 2.38. The number of nitrogens with zero attached hydrogens (tertiary/aromatic N) is 5. The number of sulfone groups is 1. The molecule has 3 aromatic heterocycles. The lowest BCUT2D eigenvalue weighted by Crippen LogP contribution is -2.36. The first-order chi connectivity index (χ1) is 26.0. The van der Waals surface area contributed by atoms with Crippen LogP contribution in [0.4, 0.5) is 26.1 Å². The lowest BCUT2D eigenvalue weighted by molar-refractivity contribution is 0.102. The van der Waals surface area contributed by atoms with Crippen molar-refractivity contribution in [2.45, 2.75) is 25.7 Å². The number of anilines is 3. The highest BCUT2D eigenvalue weighted by molar-refractivity contribution is 7.90. The number of fused-ring (bicyclic) bond motifs is 1. The van der Waals surface area contributed by atoms with Crippen molar-refractivity contribution in [3.63, 3.8) is 0 Å². The summed E-state index contributed by atoms with van der Waals surface area (Å²) in [4.78, 5) is 29.7. The Balaban J connectivity index is 1.16. The van der Waals surface area contributed by atoms with E-state index in [1.807, 2.05) is 34.9 Å². The number of likely N-dealkylation sites (tertiary alicyclic amines) is 1. The van der Waals surface area contributed by atoms with E-state index in [2.05, 4.69) is 33.5 Å². The smallest absolute Gasteiger partial charge is 0.255 e. The van der Waals surface area contributed by atoms with E-state index >= 15 is 0 Å². The van der Waals surface area contributed by atoms with Gasteiger partial charge in [-0.2, -0.15) is 0 Å². The maximum atomic E-state index is 14.3. The second-order valence-electron chi connectivity index (χ2n) is 13.4. The first kappa shape index (κ1) is 36.6. The predicted octanol–water partition coefficient (Wildman–Crippen LogP) is 7.27. The Kier molecular flexibility index (Phi) is 10.4. The number of carbonyl (C=O) groups is 1. The van der Waals surface area contributed by atoms with Crippen LogP contribution in [0.1, 0.15) is 40.2 Å². The van der Waals surface area contributed by atoms with Crippen LogP contribution in [0.3, 0.4) is 0 Å². The zero-order valence-corrected chi connectivity index (χ0v) is 30.8. The molecule has 2 N–H and O–H groups in total. The summed E-state index contributed by atoms with van der Waals surface area (Å²) in [6, 6.07) is 21.5. The van der Waals surface area contributed by atoms with Crippen molar-refractivity contribution in [1.29, 1.82) is 0 Å². The van der Waals surface area contributed by atoms with Crippen LogP contribution < -0.4 is 15.4 Å². The molecule has 7 rings (SSSR count). The summed E-state index contributed by atoms with van der Waals surface area (Å²) in [6.45, 7) is 4.28. The molecule has 0 bridgehead atoms. The average Bonchev–Trinajstić information content (AvgIpc) is 3.56. The van der Waals surface area contributed by atoms with Gasteiger partial charge in [0.25, 0.3) is 5.91 Å². The Labute approximate surface area is 312 Å². The predicted molar refractivity (Wildman–Crippen MR) is 205 cm³/mol. The second kappa shape index (κ2) is 15.3. The fourth-order valence-corrected chi connectivity index (χ4v) is 7.49. The number of rotatable bonds is 11. The minimum absolute atomic E-state index is 0.167. The second-order valence-corrected chi connectivity index (χ2v) is 15.7. The number of benzene rings is 3. The maximum absolute atomic E-state index is 14.3. The monoisotopic (exact) mass is 751 g/mol. The third-order valence-electron chi connectivity index (χ3n) is 9.67. The Morgan fingerprint density at radius 3 is 2.46 bits per heavy atom. The molecule has 1 amide bonds. The number of amides is 1. The van der Waals surface area contributed by atoms with Crippen LogP contribution in [0.15, 0.2) is 91.3 Å². The van der Waals surface area contributed by atoms with Gasteiger partial charge in [-0.15, -0.1) is 0 Å². The summed E-state index contributed by atoms with van der Waals surface area (Å²) in [7, 11) is -1.38. The van der Waals surface area contributed by atoms with Crippen molar-refractivity contribution < 1.29 is 26.7 Å². The Hall–Kier alpha value is -5.73. The van der Waals surface area contributed by atoms with E-state index in [-0.39, 0.29) is 11.3 Å². The van der Waals surface area contributed by atoms with Gasteiger partial charge >= 0.3 is 0 Å². The van der Waals surface area contributed by atoms with E-state index < -0.39 is 33.1 Å². The maximum Gasteiger partial charge on any atom is 0.255 e. The summed E-state index contributed by atoms with van der Waals surface area (Å²) < 4.78 is 59.7. The van der Waals surface area contributed by atoms with Crippen LogP contribution in [0.5, 0.6) is 5.75 Å². The molecule has 0 unspecified atom stereocenters. The summed E-state index contributed by atoms with van der Waals surface area (Å²) in [5.41, 5.74) is 5.64. The van der Waals surface area contributed by atoms with E-state index in [1.54, 1.807) is 43.6 Å². The van der Waals surface area contributed by atoms with Gasteiger partial charge in [0.1, 0.15) is 38.6 Å². The summed E-state index contributed by atoms with van der Waals surface area (Å²) in [5, 5.41) is 5.69. The number of halogens is 2. The van der Waals surface area contributed by atoms with Gasteiger partial charge in [-0.3, -0.25) is 9.20 Å². The molecule has 1 aliphatic heterocycles. The number of aromatic nitrogens is 4. The molecule has 0 atom stereocenters.